The van der Waals surface area contributed by atoms with E-state index in [2.05, 4.69) is 26.2 Å². The number of aryl methyl sites for hydroxylation is 1. The molecule has 0 spiro atoms. The summed E-state index contributed by atoms with van der Waals surface area (Å²) in [6.07, 6.45) is 1.75. The molecular weight excluding hydrogens is 410 g/mol. The molecule has 0 aliphatic carbocycles. The number of fused-ring (bicyclic) bond motifs is 1. The molecule has 0 aliphatic heterocycles. The molecule has 6 heteroatoms. The van der Waals surface area contributed by atoms with Crippen LogP contribution in [-0.4, -0.2) is 15.9 Å². The van der Waals surface area contributed by atoms with E-state index in [0.29, 0.717) is 10.7 Å². The number of carbonyl (C=O) groups is 1. The highest BCUT2D eigenvalue weighted by atomic mass is 79.9. The molecule has 0 unspecified atom stereocenters. The minimum Gasteiger partial charge on any atom is -0.298 e. The van der Waals surface area contributed by atoms with Crippen molar-refractivity contribution in [3.8, 4) is 11.3 Å². The first kappa shape index (κ1) is 16.9. The van der Waals surface area contributed by atoms with Crippen LogP contribution in [0.2, 0.25) is 0 Å². The number of hydrogen-bond acceptors (Lipinski definition) is 4. The van der Waals surface area contributed by atoms with E-state index < -0.39 is 0 Å². The van der Waals surface area contributed by atoms with Crippen molar-refractivity contribution in [1.82, 2.24) is 9.97 Å². The second-order valence-corrected chi connectivity index (χ2v) is 7.96. The standard InChI is InChI=1S/C20H14BrN3OS/c1-12-11-22-20(26-12)24-19(25)16-10-18(13-5-4-6-14(21)9-13)23-17-8-3-2-7-15(16)17/h2-11H,1H3,(H,22,24,25). The van der Waals surface area contributed by atoms with E-state index in [4.69, 9.17) is 4.98 Å². The van der Waals surface area contributed by atoms with Gasteiger partial charge in [-0.1, -0.05) is 46.3 Å². The molecule has 4 aromatic rings. The lowest BCUT2D eigenvalue weighted by atomic mass is 10.0. The van der Waals surface area contributed by atoms with Gasteiger partial charge in [0.1, 0.15) is 0 Å². The monoisotopic (exact) mass is 423 g/mol. The number of nitrogens with one attached hydrogen (secondary N) is 1. The highest BCUT2D eigenvalue weighted by molar-refractivity contribution is 9.10. The van der Waals surface area contributed by atoms with Gasteiger partial charge in [-0.3, -0.25) is 10.1 Å². The van der Waals surface area contributed by atoms with Gasteiger partial charge in [0.25, 0.3) is 5.91 Å². The first-order valence-corrected chi connectivity index (χ1v) is 9.60. The van der Waals surface area contributed by atoms with Crippen LogP contribution < -0.4 is 5.32 Å². The number of nitrogens with zero attached hydrogens (tertiary/aromatic N) is 2. The lowest BCUT2D eigenvalue weighted by molar-refractivity contribution is 0.102. The summed E-state index contributed by atoms with van der Waals surface area (Å²) in [6, 6.07) is 17.4. The summed E-state index contributed by atoms with van der Waals surface area (Å²) in [5.74, 6) is -0.186. The van der Waals surface area contributed by atoms with Gasteiger partial charge in [0.15, 0.2) is 5.13 Å². The SMILES string of the molecule is Cc1cnc(NC(=O)c2cc(-c3cccc(Br)c3)nc3ccccc23)s1. The van der Waals surface area contributed by atoms with Crippen LogP contribution in [-0.2, 0) is 0 Å². The molecule has 0 aliphatic rings. The second kappa shape index (κ2) is 6.97. The van der Waals surface area contributed by atoms with Gasteiger partial charge >= 0.3 is 0 Å². The molecule has 2 heterocycles. The third kappa shape index (κ3) is 3.38. The predicted octanol–water partition coefficient (Wildman–Crippen LogP) is 5.68. The quantitative estimate of drug-likeness (QED) is 0.460. The number of thiazole rings is 1. The first-order valence-electron chi connectivity index (χ1n) is 8.00. The van der Waals surface area contributed by atoms with E-state index in [9.17, 15) is 4.79 Å². The maximum atomic E-state index is 12.9. The van der Waals surface area contributed by atoms with Crippen LogP contribution in [0.3, 0.4) is 0 Å². The summed E-state index contributed by atoms with van der Waals surface area (Å²) in [5.41, 5.74) is 3.07. The molecule has 4 nitrogen and oxygen atoms in total. The zero-order chi connectivity index (χ0) is 18.1. The first-order chi connectivity index (χ1) is 12.6. The second-order valence-electron chi connectivity index (χ2n) is 5.81. The molecule has 2 aromatic heterocycles. The third-order valence-electron chi connectivity index (χ3n) is 3.92. The molecule has 0 atom stereocenters. The fourth-order valence-electron chi connectivity index (χ4n) is 2.74. The summed E-state index contributed by atoms with van der Waals surface area (Å²) in [5, 5.41) is 4.30. The number of para-hydroxylation sites is 1. The molecule has 1 N–H and O–H groups in total. The number of amides is 1. The Hall–Kier alpha value is -2.57. The van der Waals surface area contributed by atoms with Gasteiger partial charge in [0.05, 0.1) is 16.8 Å². The summed E-state index contributed by atoms with van der Waals surface area (Å²) >= 11 is 4.94. The molecule has 4 rings (SSSR count). The minimum absolute atomic E-state index is 0.186. The number of benzene rings is 2. The van der Waals surface area contributed by atoms with Crippen molar-refractivity contribution < 1.29 is 4.79 Å². The zero-order valence-electron chi connectivity index (χ0n) is 13.9. The Bertz CT molecular complexity index is 1120. The summed E-state index contributed by atoms with van der Waals surface area (Å²) in [6.45, 7) is 1.96. The Morgan fingerprint density at radius 2 is 1.96 bits per heavy atom. The maximum Gasteiger partial charge on any atom is 0.258 e. The normalized spacial score (nSPS) is 10.8. The van der Waals surface area contributed by atoms with Crippen LogP contribution in [0.4, 0.5) is 5.13 Å². The molecule has 0 saturated carbocycles. The molecular formula is C20H14BrN3OS. The van der Waals surface area contributed by atoms with Crippen molar-refractivity contribution in [3.05, 3.63) is 75.7 Å². The van der Waals surface area contributed by atoms with E-state index in [1.54, 1.807) is 6.20 Å². The molecule has 0 bridgehead atoms. The van der Waals surface area contributed by atoms with Crippen molar-refractivity contribution in [2.75, 3.05) is 5.32 Å². The van der Waals surface area contributed by atoms with Crippen molar-refractivity contribution >= 4 is 49.2 Å². The van der Waals surface area contributed by atoms with Crippen LogP contribution in [0.15, 0.2) is 65.3 Å². The molecule has 0 fully saturated rings. The Labute approximate surface area is 163 Å². The molecule has 2 aromatic carbocycles. The van der Waals surface area contributed by atoms with Crippen molar-refractivity contribution in [2.24, 2.45) is 0 Å². The van der Waals surface area contributed by atoms with Gasteiger partial charge in [-0.15, -0.1) is 11.3 Å². The number of halogens is 1. The lowest BCUT2D eigenvalue weighted by Crippen LogP contribution is -2.12. The number of pyridine rings is 1. The van der Waals surface area contributed by atoms with Gasteiger partial charge in [0.2, 0.25) is 0 Å². The molecule has 0 saturated heterocycles. The van der Waals surface area contributed by atoms with E-state index in [1.165, 1.54) is 11.3 Å². The summed E-state index contributed by atoms with van der Waals surface area (Å²) in [7, 11) is 0. The fraction of sp³-hybridized carbons (Fsp3) is 0.0500. The highest BCUT2D eigenvalue weighted by Crippen LogP contribution is 2.27. The Morgan fingerprint density at radius 1 is 1.12 bits per heavy atom. The Balaban J connectivity index is 1.83. The minimum atomic E-state index is -0.186. The van der Waals surface area contributed by atoms with E-state index in [1.807, 2.05) is 61.5 Å². The fourth-order valence-corrected chi connectivity index (χ4v) is 3.79. The summed E-state index contributed by atoms with van der Waals surface area (Å²) < 4.78 is 0.967. The zero-order valence-corrected chi connectivity index (χ0v) is 16.3. The smallest absolute Gasteiger partial charge is 0.258 e. The van der Waals surface area contributed by atoms with Crippen LogP contribution >= 0.6 is 27.3 Å². The lowest BCUT2D eigenvalue weighted by Gasteiger charge is -2.10. The van der Waals surface area contributed by atoms with Crippen molar-refractivity contribution in [3.63, 3.8) is 0 Å². The molecule has 26 heavy (non-hydrogen) atoms. The van der Waals surface area contributed by atoms with Gasteiger partial charge in [-0.25, -0.2) is 9.97 Å². The number of carbonyl (C=O) groups excluding carboxylic acids is 1. The van der Waals surface area contributed by atoms with Gasteiger partial charge < -0.3 is 0 Å². The number of hydrogen-bond donors (Lipinski definition) is 1. The predicted molar refractivity (Wildman–Crippen MR) is 110 cm³/mol. The third-order valence-corrected chi connectivity index (χ3v) is 5.24. The van der Waals surface area contributed by atoms with E-state index in [-0.39, 0.29) is 5.91 Å². The highest BCUT2D eigenvalue weighted by Gasteiger charge is 2.15. The number of anilines is 1. The van der Waals surface area contributed by atoms with Gasteiger partial charge in [-0.05, 0) is 31.2 Å². The van der Waals surface area contributed by atoms with Crippen molar-refractivity contribution in [1.29, 1.82) is 0 Å². The molecule has 128 valence electrons. The maximum absolute atomic E-state index is 12.9. The van der Waals surface area contributed by atoms with Crippen LogP contribution in [0, 0.1) is 6.92 Å². The van der Waals surface area contributed by atoms with Gasteiger partial charge in [-0.2, -0.15) is 0 Å². The van der Waals surface area contributed by atoms with E-state index in [0.717, 1.165) is 31.5 Å². The summed E-state index contributed by atoms with van der Waals surface area (Å²) in [4.78, 5) is 22.9. The molecule has 0 radical (unpaired) electrons. The largest absolute Gasteiger partial charge is 0.298 e. The average Bonchev–Trinajstić information content (AvgIpc) is 3.05. The van der Waals surface area contributed by atoms with Crippen LogP contribution in [0.5, 0.6) is 0 Å². The van der Waals surface area contributed by atoms with Crippen LogP contribution in [0.1, 0.15) is 15.2 Å². The average molecular weight is 424 g/mol. The number of aromatic nitrogens is 2. The Morgan fingerprint density at radius 3 is 2.73 bits per heavy atom. The van der Waals surface area contributed by atoms with Crippen molar-refractivity contribution in [2.45, 2.75) is 6.92 Å². The number of rotatable bonds is 3. The van der Waals surface area contributed by atoms with Gasteiger partial charge in [0, 0.05) is 26.5 Å². The van der Waals surface area contributed by atoms with Crippen LogP contribution in [0.25, 0.3) is 22.2 Å². The van der Waals surface area contributed by atoms with E-state index >= 15 is 0 Å². The topological polar surface area (TPSA) is 54.9 Å². The molecule has 1 amide bonds. The Kier molecular flexibility index (Phi) is 4.53.